The van der Waals surface area contributed by atoms with Gasteiger partial charge in [-0.1, -0.05) is 78.1 Å². The third-order valence-corrected chi connectivity index (χ3v) is 17.7. The number of halogens is 2. The topological polar surface area (TPSA) is 37.4 Å². The van der Waals surface area contributed by atoms with Gasteiger partial charge in [-0.15, -0.1) is 56.7 Å². The highest BCUT2D eigenvalue weighted by Gasteiger charge is 2.43. The maximum Gasteiger partial charge on any atom is 0.263 e. The number of hydrogen-bond donors (Lipinski definition) is 0. The molecule has 0 saturated carbocycles. The SMILES string of the molecule is CCCCCCCCC(CCCCCC)CN1C(=O)c2c(-c3cc4sc(Br)c(C)c4s3)sc(-c3cc4sc(Br)c(C)c4s3)c2C1=O. The standard InChI is InChI=1S/C36H41Br2NO2S5/c1-5-7-9-11-12-14-16-22(15-13-10-8-6-2)19-39-35(40)27-28(36(39)41)32(26-18-24-30(43-26)21(4)34(38)45-24)46-31(27)25-17-23-29(42-25)20(3)33(37)44-23/h17-18,22H,5-16,19H2,1-4H3. The normalized spacial score (nSPS) is 14.1. The molecule has 0 fully saturated rings. The molecule has 6 rings (SSSR count). The molecule has 1 aliphatic rings. The molecule has 0 N–H and O–H groups in total. The summed E-state index contributed by atoms with van der Waals surface area (Å²) >= 11 is 16.0. The number of imide groups is 1. The van der Waals surface area contributed by atoms with Crippen LogP contribution < -0.4 is 0 Å². The van der Waals surface area contributed by atoms with Gasteiger partial charge in [0, 0.05) is 35.1 Å². The number of fused-ring (bicyclic) bond motifs is 3. The van der Waals surface area contributed by atoms with Crippen molar-refractivity contribution in [3.63, 3.8) is 0 Å². The highest BCUT2D eigenvalue weighted by Crippen LogP contribution is 2.53. The summed E-state index contributed by atoms with van der Waals surface area (Å²) in [7, 11) is 0. The fraction of sp³-hybridized carbons (Fsp3) is 0.500. The first kappa shape index (κ1) is 35.0. The van der Waals surface area contributed by atoms with E-state index in [2.05, 4.69) is 71.7 Å². The monoisotopic (exact) mass is 837 g/mol. The van der Waals surface area contributed by atoms with E-state index in [-0.39, 0.29) is 11.8 Å². The molecule has 246 valence electrons. The molecule has 1 aliphatic heterocycles. The van der Waals surface area contributed by atoms with E-state index < -0.39 is 0 Å². The van der Waals surface area contributed by atoms with Gasteiger partial charge in [-0.2, -0.15) is 0 Å². The summed E-state index contributed by atoms with van der Waals surface area (Å²) in [5.41, 5.74) is 3.76. The van der Waals surface area contributed by atoms with E-state index in [1.807, 2.05) is 0 Å². The largest absolute Gasteiger partial charge is 0.274 e. The van der Waals surface area contributed by atoms with Gasteiger partial charge in [-0.05, 0) is 87.7 Å². The molecular formula is C36H41Br2NO2S5. The number of hydrogen-bond acceptors (Lipinski definition) is 7. The Balaban J connectivity index is 1.34. The smallest absolute Gasteiger partial charge is 0.263 e. The second-order valence-corrected chi connectivity index (χ2v) is 20.5. The van der Waals surface area contributed by atoms with Gasteiger partial charge < -0.3 is 0 Å². The average molecular weight is 840 g/mol. The van der Waals surface area contributed by atoms with Crippen LogP contribution in [-0.4, -0.2) is 23.3 Å². The lowest BCUT2D eigenvalue weighted by atomic mass is 9.93. The molecule has 0 aromatic carbocycles. The maximum atomic E-state index is 14.4. The van der Waals surface area contributed by atoms with E-state index in [0.29, 0.717) is 23.6 Å². The lowest BCUT2D eigenvalue weighted by Gasteiger charge is -2.23. The van der Waals surface area contributed by atoms with Crippen LogP contribution in [0.25, 0.3) is 38.3 Å². The molecule has 1 atom stereocenters. The van der Waals surface area contributed by atoms with Crippen molar-refractivity contribution in [1.82, 2.24) is 4.90 Å². The first-order chi connectivity index (χ1) is 22.2. The van der Waals surface area contributed by atoms with Gasteiger partial charge in [0.05, 0.1) is 28.5 Å². The first-order valence-electron chi connectivity index (χ1n) is 16.6. The second kappa shape index (κ2) is 15.3. The Kier molecular flexibility index (Phi) is 11.7. The third-order valence-electron chi connectivity index (χ3n) is 9.21. The summed E-state index contributed by atoms with van der Waals surface area (Å²) in [6, 6.07) is 4.45. The molecule has 0 saturated heterocycles. The van der Waals surface area contributed by atoms with Gasteiger partial charge in [-0.25, -0.2) is 0 Å². The Bertz CT molecular complexity index is 1760. The Morgan fingerprint density at radius 1 is 0.630 bits per heavy atom. The van der Waals surface area contributed by atoms with Crippen molar-refractivity contribution in [3.05, 3.63) is 42.0 Å². The van der Waals surface area contributed by atoms with Crippen molar-refractivity contribution < 1.29 is 9.59 Å². The van der Waals surface area contributed by atoms with Gasteiger partial charge in [0.1, 0.15) is 0 Å². The van der Waals surface area contributed by atoms with E-state index >= 15 is 0 Å². The molecule has 0 bridgehead atoms. The van der Waals surface area contributed by atoms with Gasteiger partial charge in [0.25, 0.3) is 11.8 Å². The van der Waals surface area contributed by atoms with Crippen LogP contribution in [0.15, 0.2) is 19.7 Å². The molecule has 5 aromatic rings. The summed E-state index contributed by atoms with van der Waals surface area (Å²) < 4.78 is 7.28. The van der Waals surface area contributed by atoms with Crippen LogP contribution in [0.1, 0.15) is 123 Å². The molecule has 5 aromatic heterocycles. The summed E-state index contributed by atoms with van der Waals surface area (Å²) in [5, 5.41) is 0. The summed E-state index contributed by atoms with van der Waals surface area (Å²) in [6.45, 7) is 9.33. The number of aryl methyl sites for hydroxylation is 2. The average Bonchev–Trinajstić information content (AvgIpc) is 3.86. The van der Waals surface area contributed by atoms with Gasteiger partial charge >= 0.3 is 0 Å². The van der Waals surface area contributed by atoms with Crippen molar-refractivity contribution in [1.29, 1.82) is 0 Å². The maximum absolute atomic E-state index is 14.4. The van der Waals surface area contributed by atoms with E-state index in [0.717, 1.165) is 39.9 Å². The molecule has 0 spiro atoms. The molecule has 3 nitrogen and oxygen atoms in total. The zero-order valence-corrected chi connectivity index (χ0v) is 34.2. The summed E-state index contributed by atoms with van der Waals surface area (Å²) in [6.07, 6.45) is 14.6. The minimum Gasteiger partial charge on any atom is -0.274 e. The first-order valence-corrected chi connectivity index (χ1v) is 22.3. The molecule has 2 amide bonds. The lowest BCUT2D eigenvalue weighted by molar-refractivity contribution is 0.0622. The van der Waals surface area contributed by atoms with Gasteiger partial charge in [-0.3, -0.25) is 14.5 Å². The van der Waals surface area contributed by atoms with Crippen LogP contribution in [0.5, 0.6) is 0 Å². The fourth-order valence-electron chi connectivity index (χ4n) is 6.54. The zero-order valence-electron chi connectivity index (χ0n) is 27.0. The minimum absolute atomic E-state index is 0.0917. The Labute approximate surface area is 309 Å². The van der Waals surface area contributed by atoms with Crippen LogP contribution in [0, 0.1) is 19.8 Å². The zero-order chi connectivity index (χ0) is 32.5. The van der Waals surface area contributed by atoms with Crippen molar-refractivity contribution in [2.24, 2.45) is 5.92 Å². The number of amides is 2. The predicted molar refractivity (Wildman–Crippen MR) is 212 cm³/mol. The van der Waals surface area contributed by atoms with Crippen LogP contribution in [0.3, 0.4) is 0 Å². The molecule has 0 aliphatic carbocycles. The second-order valence-electron chi connectivity index (χ2n) is 12.6. The van der Waals surface area contributed by atoms with E-state index in [1.54, 1.807) is 61.6 Å². The highest BCUT2D eigenvalue weighted by molar-refractivity contribution is 9.11. The van der Waals surface area contributed by atoms with Crippen LogP contribution in [0.4, 0.5) is 0 Å². The Morgan fingerprint density at radius 2 is 1.07 bits per heavy atom. The van der Waals surface area contributed by atoms with E-state index in [9.17, 15) is 9.59 Å². The summed E-state index contributed by atoms with van der Waals surface area (Å²) in [4.78, 5) is 34.5. The predicted octanol–water partition coefficient (Wildman–Crippen LogP) is 14.7. The van der Waals surface area contributed by atoms with E-state index in [4.69, 9.17) is 0 Å². The van der Waals surface area contributed by atoms with Gasteiger partial charge in [0.2, 0.25) is 0 Å². The van der Waals surface area contributed by atoms with Crippen molar-refractivity contribution in [2.45, 2.75) is 105 Å². The summed E-state index contributed by atoms with van der Waals surface area (Å²) in [5.74, 6) is 0.173. The number of carbonyl (C=O) groups excluding carboxylic acids is 2. The molecule has 46 heavy (non-hydrogen) atoms. The number of rotatable bonds is 16. The van der Waals surface area contributed by atoms with Crippen molar-refractivity contribution >= 4 is 119 Å². The molecular weight excluding hydrogens is 799 g/mol. The molecule has 6 heterocycles. The molecule has 1 unspecified atom stereocenters. The van der Waals surface area contributed by atoms with Gasteiger partial charge in [0.15, 0.2) is 0 Å². The van der Waals surface area contributed by atoms with E-state index in [1.165, 1.54) is 94.1 Å². The van der Waals surface area contributed by atoms with Crippen molar-refractivity contribution in [2.75, 3.05) is 6.54 Å². The number of thiophene rings is 5. The Hall–Kier alpha value is -0.880. The number of carbonyl (C=O) groups is 2. The van der Waals surface area contributed by atoms with Crippen molar-refractivity contribution in [3.8, 4) is 19.5 Å². The third kappa shape index (κ3) is 6.92. The fourth-order valence-corrected chi connectivity index (χ4v) is 14.4. The minimum atomic E-state index is -0.0917. The number of unbranched alkanes of at least 4 members (excludes halogenated alkanes) is 8. The molecule has 0 radical (unpaired) electrons. The van der Waals surface area contributed by atoms with Crippen LogP contribution >= 0.6 is 88.5 Å². The molecule has 10 heteroatoms. The van der Waals surface area contributed by atoms with Crippen LogP contribution in [-0.2, 0) is 0 Å². The highest BCUT2D eigenvalue weighted by atomic mass is 79.9. The lowest BCUT2D eigenvalue weighted by Crippen LogP contribution is -2.35. The number of nitrogens with zero attached hydrogens (tertiary/aromatic N) is 1. The Morgan fingerprint density at radius 3 is 1.52 bits per heavy atom. The quantitative estimate of drug-likeness (QED) is 0.0733. The van der Waals surface area contributed by atoms with Crippen LogP contribution in [0.2, 0.25) is 0 Å².